The second kappa shape index (κ2) is 9.21. The number of fused-ring (bicyclic) bond motifs is 1. The molecule has 0 aliphatic rings. The number of benzene rings is 2. The summed E-state index contributed by atoms with van der Waals surface area (Å²) in [6.45, 7) is 0. The highest BCUT2D eigenvalue weighted by Gasteiger charge is 2.31. The first-order valence-electron chi connectivity index (χ1n) is 10.8. The Morgan fingerprint density at radius 3 is 2.22 bits per heavy atom. The molecule has 1 N–H and O–H groups in total. The minimum atomic E-state index is -4.76. The van der Waals surface area contributed by atoms with Crippen LogP contribution in [0.4, 0.5) is 18.9 Å². The summed E-state index contributed by atoms with van der Waals surface area (Å²) in [6.07, 6.45) is -0.275. The van der Waals surface area contributed by atoms with E-state index in [0.29, 0.717) is 28.4 Å². The standard InChI is InChI=1S/C25H18F3N5O3S/c1-37(34,35)32-19-9-4-17(5-10-19)21-3-2-14-29-23(21)24-31-30-22-13-8-18(15-33(22)24)16-6-11-20(12-7-16)36-25(26,27)28/h2-15,32H,1H3. The second-order valence-corrected chi connectivity index (χ2v) is 9.84. The van der Waals surface area contributed by atoms with E-state index in [-0.39, 0.29) is 5.75 Å². The van der Waals surface area contributed by atoms with Gasteiger partial charge in [-0.2, -0.15) is 0 Å². The number of aromatic nitrogens is 4. The van der Waals surface area contributed by atoms with Gasteiger partial charge in [-0.05, 0) is 59.2 Å². The van der Waals surface area contributed by atoms with Crippen molar-refractivity contribution in [2.45, 2.75) is 6.36 Å². The zero-order chi connectivity index (χ0) is 26.2. The Morgan fingerprint density at radius 2 is 1.54 bits per heavy atom. The van der Waals surface area contributed by atoms with Crippen LogP contribution in [0.15, 0.2) is 85.2 Å². The fourth-order valence-electron chi connectivity index (χ4n) is 3.82. The molecule has 0 aliphatic heterocycles. The van der Waals surface area contributed by atoms with E-state index in [4.69, 9.17) is 0 Å². The Labute approximate surface area is 209 Å². The molecule has 0 amide bonds. The second-order valence-electron chi connectivity index (χ2n) is 8.09. The van der Waals surface area contributed by atoms with Crippen LogP contribution >= 0.6 is 0 Å². The van der Waals surface area contributed by atoms with Gasteiger partial charge in [0.05, 0.1) is 6.26 Å². The first-order valence-corrected chi connectivity index (χ1v) is 12.7. The molecule has 0 saturated carbocycles. The Morgan fingerprint density at radius 1 is 0.865 bits per heavy atom. The fraction of sp³-hybridized carbons (Fsp3) is 0.0800. The third-order valence-electron chi connectivity index (χ3n) is 5.34. The maximum absolute atomic E-state index is 12.5. The van der Waals surface area contributed by atoms with Crippen LogP contribution in [0, 0.1) is 0 Å². The van der Waals surface area contributed by atoms with E-state index in [1.54, 1.807) is 59.3 Å². The molecule has 5 aromatic rings. The van der Waals surface area contributed by atoms with Gasteiger partial charge in [-0.3, -0.25) is 14.1 Å². The Balaban J connectivity index is 1.52. The molecule has 0 atom stereocenters. The molecule has 0 aliphatic carbocycles. The molecular formula is C25H18F3N5O3S. The van der Waals surface area contributed by atoms with Crippen LogP contribution in [0.25, 0.3) is 39.4 Å². The van der Waals surface area contributed by atoms with E-state index in [1.807, 2.05) is 6.07 Å². The minimum Gasteiger partial charge on any atom is -0.406 e. The smallest absolute Gasteiger partial charge is 0.406 e. The van der Waals surface area contributed by atoms with Crippen molar-refractivity contribution in [3.05, 3.63) is 85.2 Å². The number of rotatable bonds is 6. The molecule has 0 bridgehead atoms. The van der Waals surface area contributed by atoms with E-state index in [1.165, 1.54) is 24.3 Å². The summed E-state index contributed by atoms with van der Waals surface area (Å²) in [6, 6.07) is 19.6. The van der Waals surface area contributed by atoms with Crippen molar-refractivity contribution < 1.29 is 26.3 Å². The third-order valence-corrected chi connectivity index (χ3v) is 5.95. The molecule has 0 radical (unpaired) electrons. The molecule has 0 saturated heterocycles. The number of sulfonamides is 1. The number of alkyl halides is 3. The highest BCUT2D eigenvalue weighted by molar-refractivity contribution is 7.92. The van der Waals surface area contributed by atoms with Crippen LogP contribution in [-0.2, 0) is 10.0 Å². The molecule has 0 fully saturated rings. The summed E-state index contributed by atoms with van der Waals surface area (Å²) < 4.78 is 68.6. The molecule has 5 rings (SSSR count). The number of pyridine rings is 2. The summed E-state index contributed by atoms with van der Waals surface area (Å²) in [5.74, 6) is 0.154. The third kappa shape index (κ3) is 5.54. The highest BCUT2D eigenvalue weighted by atomic mass is 32.2. The Hall–Kier alpha value is -4.45. The number of hydrogen-bond acceptors (Lipinski definition) is 6. The normalized spacial score (nSPS) is 12.0. The predicted octanol–water partition coefficient (Wildman–Crippen LogP) is 5.40. The van der Waals surface area contributed by atoms with Crippen molar-refractivity contribution in [2.24, 2.45) is 0 Å². The highest BCUT2D eigenvalue weighted by Crippen LogP contribution is 2.32. The van der Waals surface area contributed by atoms with Crippen molar-refractivity contribution in [2.75, 3.05) is 11.0 Å². The first kappa shape index (κ1) is 24.3. The Kier molecular flexibility index (Phi) is 6.04. The van der Waals surface area contributed by atoms with Gasteiger partial charge in [0, 0.05) is 23.6 Å². The minimum absolute atomic E-state index is 0.307. The molecule has 8 nitrogen and oxygen atoms in total. The summed E-state index contributed by atoms with van der Waals surface area (Å²) in [7, 11) is -3.40. The van der Waals surface area contributed by atoms with Crippen molar-refractivity contribution in [1.82, 2.24) is 19.6 Å². The van der Waals surface area contributed by atoms with Crippen LogP contribution in [0.5, 0.6) is 5.75 Å². The summed E-state index contributed by atoms with van der Waals surface area (Å²) >= 11 is 0. The van der Waals surface area contributed by atoms with Gasteiger partial charge < -0.3 is 4.74 Å². The van der Waals surface area contributed by atoms with E-state index >= 15 is 0 Å². The van der Waals surface area contributed by atoms with Gasteiger partial charge in [-0.1, -0.05) is 30.3 Å². The largest absolute Gasteiger partial charge is 0.573 e. The predicted molar refractivity (Wildman–Crippen MR) is 132 cm³/mol. The monoisotopic (exact) mass is 525 g/mol. The van der Waals surface area contributed by atoms with Gasteiger partial charge in [0.1, 0.15) is 11.4 Å². The molecular weight excluding hydrogens is 507 g/mol. The summed E-state index contributed by atoms with van der Waals surface area (Å²) in [4.78, 5) is 4.52. The van der Waals surface area contributed by atoms with Gasteiger partial charge in [0.15, 0.2) is 11.5 Å². The summed E-state index contributed by atoms with van der Waals surface area (Å²) in [5, 5.41) is 8.55. The zero-order valence-corrected chi connectivity index (χ0v) is 20.0. The average Bonchev–Trinajstić information content (AvgIpc) is 3.26. The van der Waals surface area contributed by atoms with Gasteiger partial charge >= 0.3 is 6.36 Å². The van der Waals surface area contributed by atoms with Crippen LogP contribution in [0.1, 0.15) is 0 Å². The molecule has 188 valence electrons. The topological polar surface area (TPSA) is 98.5 Å². The first-order chi connectivity index (χ1) is 17.6. The number of nitrogens with one attached hydrogen (secondary N) is 1. The number of hydrogen-bond donors (Lipinski definition) is 1. The van der Waals surface area contributed by atoms with E-state index in [2.05, 4.69) is 24.6 Å². The van der Waals surface area contributed by atoms with Crippen LogP contribution in [-0.4, -0.2) is 40.6 Å². The number of halogens is 3. The quantitative estimate of drug-likeness (QED) is 0.319. The van der Waals surface area contributed by atoms with Gasteiger partial charge in [0.2, 0.25) is 10.0 Å². The van der Waals surface area contributed by atoms with Crippen molar-refractivity contribution in [1.29, 1.82) is 0 Å². The van der Waals surface area contributed by atoms with Crippen LogP contribution in [0.3, 0.4) is 0 Å². The lowest BCUT2D eigenvalue weighted by Gasteiger charge is -2.11. The van der Waals surface area contributed by atoms with E-state index in [9.17, 15) is 21.6 Å². The van der Waals surface area contributed by atoms with Crippen molar-refractivity contribution in [3.8, 4) is 39.5 Å². The lowest BCUT2D eigenvalue weighted by molar-refractivity contribution is -0.274. The van der Waals surface area contributed by atoms with Gasteiger partial charge in [-0.25, -0.2) is 8.42 Å². The molecule has 3 aromatic heterocycles. The molecule has 0 unspecified atom stereocenters. The molecule has 2 aromatic carbocycles. The summed E-state index contributed by atoms with van der Waals surface area (Å²) in [5.41, 5.74) is 4.47. The van der Waals surface area contributed by atoms with E-state index < -0.39 is 16.4 Å². The lowest BCUT2D eigenvalue weighted by atomic mass is 10.0. The van der Waals surface area contributed by atoms with E-state index in [0.717, 1.165) is 22.9 Å². The maximum Gasteiger partial charge on any atom is 0.573 e. The maximum atomic E-state index is 12.5. The van der Waals surface area contributed by atoms with Crippen molar-refractivity contribution in [3.63, 3.8) is 0 Å². The molecule has 37 heavy (non-hydrogen) atoms. The number of anilines is 1. The lowest BCUT2D eigenvalue weighted by Crippen LogP contribution is -2.16. The van der Waals surface area contributed by atoms with Crippen LogP contribution < -0.4 is 9.46 Å². The fourth-order valence-corrected chi connectivity index (χ4v) is 4.38. The molecule has 12 heteroatoms. The number of ether oxygens (including phenoxy) is 1. The SMILES string of the molecule is CS(=O)(=O)Nc1ccc(-c2cccnc2-c2nnc3ccc(-c4ccc(OC(F)(F)F)cc4)cn23)cc1. The average molecular weight is 526 g/mol. The number of nitrogens with zero attached hydrogens (tertiary/aromatic N) is 4. The molecule has 3 heterocycles. The van der Waals surface area contributed by atoms with Crippen molar-refractivity contribution >= 4 is 21.4 Å². The van der Waals surface area contributed by atoms with Gasteiger partial charge in [0.25, 0.3) is 0 Å². The van der Waals surface area contributed by atoms with Gasteiger partial charge in [-0.15, -0.1) is 23.4 Å². The zero-order valence-electron chi connectivity index (χ0n) is 19.1. The Bertz CT molecular complexity index is 1680. The molecule has 0 spiro atoms. The van der Waals surface area contributed by atoms with Crippen LogP contribution in [0.2, 0.25) is 0 Å².